The maximum Gasteiger partial charge on any atom is 0.263 e. The summed E-state index contributed by atoms with van der Waals surface area (Å²) in [6, 6.07) is 22.0. The normalized spacial score (nSPS) is 11.0. The second-order valence-corrected chi connectivity index (χ2v) is 7.81. The zero-order valence-electron chi connectivity index (χ0n) is 14.2. The van der Waals surface area contributed by atoms with Gasteiger partial charge in [0, 0.05) is 6.54 Å². The lowest BCUT2D eigenvalue weighted by atomic mass is 10.1. The highest BCUT2D eigenvalue weighted by molar-refractivity contribution is 7.92. The quantitative estimate of drug-likeness (QED) is 0.654. The standard InChI is InChI=1S/C20H17ClN2O3S/c21-17-11-5-7-13-19(17)27(25,26)23-18-12-6-4-10-16(18)20(24)22-14-15-8-2-1-3-9-15/h1-13,23H,14H2,(H,22,24). The molecule has 0 saturated carbocycles. The number of nitrogens with one attached hydrogen (secondary N) is 2. The Morgan fingerprint density at radius 2 is 1.48 bits per heavy atom. The average Bonchev–Trinajstić information content (AvgIpc) is 2.67. The first kappa shape index (κ1) is 18.9. The van der Waals surface area contributed by atoms with Crippen molar-refractivity contribution in [3.05, 3.63) is 95.0 Å². The number of rotatable bonds is 6. The van der Waals surface area contributed by atoms with Crippen LogP contribution in [0.1, 0.15) is 15.9 Å². The third-order valence-electron chi connectivity index (χ3n) is 3.84. The fraction of sp³-hybridized carbons (Fsp3) is 0.0500. The van der Waals surface area contributed by atoms with Gasteiger partial charge in [-0.05, 0) is 29.8 Å². The van der Waals surface area contributed by atoms with Crippen LogP contribution >= 0.6 is 11.6 Å². The average molecular weight is 401 g/mol. The number of carbonyl (C=O) groups excluding carboxylic acids is 1. The molecule has 0 aromatic heterocycles. The molecule has 27 heavy (non-hydrogen) atoms. The van der Waals surface area contributed by atoms with Gasteiger partial charge in [-0.1, -0.05) is 66.2 Å². The Morgan fingerprint density at radius 3 is 2.22 bits per heavy atom. The Morgan fingerprint density at radius 1 is 0.852 bits per heavy atom. The van der Waals surface area contributed by atoms with Gasteiger partial charge < -0.3 is 5.32 Å². The lowest BCUT2D eigenvalue weighted by molar-refractivity contribution is 0.0952. The summed E-state index contributed by atoms with van der Waals surface area (Å²) in [6.45, 7) is 0.339. The van der Waals surface area contributed by atoms with Gasteiger partial charge in [0.2, 0.25) is 0 Å². The zero-order valence-corrected chi connectivity index (χ0v) is 15.8. The van der Waals surface area contributed by atoms with Gasteiger partial charge >= 0.3 is 0 Å². The van der Waals surface area contributed by atoms with Crippen LogP contribution in [0.5, 0.6) is 0 Å². The van der Waals surface area contributed by atoms with Crippen LogP contribution < -0.4 is 10.0 Å². The van der Waals surface area contributed by atoms with Gasteiger partial charge in [0.1, 0.15) is 4.90 Å². The second kappa shape index (κ2) is 8.24. The summed E-state index contributed by atoms with van der Waals surface area (Å²) in [5.41, 5.74) is 1.35. The predicted molar refractivity (Wildman–Crippen MR) is 106 cm³/mol. The molecule has 0 saturated heterocycles. The molecule has 3 aromatic rings. The van der Waals surface area contributed by atoms with E-state index in [9.17, 15) is 13.2 Å². The Kier molecular flexibility index (Phi) is 5.78. The minimum Gasteiger partial charge on any atom is -0.348 e. The molecular weight excluding hydrogens is 384 g/mol. The summed E-state index contributed by atoms with van der Waals surface area (Å²) in [4.78, 5) is 12.5. The van der Waals surface area contributed by atoms with Crippen molar-refractivity contribution in [2.75, 3.05) is 4.72 Å². The van der Waals surface area contributed by atoms with Gasteiger partial charge in [0.25, 0.3) is 15.9 Å². The van der Waals surface area contributed by atoms with Crippen molar-refractivity contribution in [1.29, 1.82) is 0 Å². The van der Waals surface area contributed by atoms with E-state index >= 15 is 0 Å². The van der Waals surface area contributed by atoms with Crippen molar-refractivity contribution >= 4 is 33.2 Å². The van der Waals surface area contributed by atoms with Gasteiger partial charge in [-0.2, -0.15) is 0 Å². The fourth-order valence-corrected chi connectivity index (χ4v) is 4.11. The number of para-hydroxylation sites is 1. The molecule has 0 atom stereocenters. The van der Waals surface area contributed by atoms with Crippen molar-refractivity contribution in [3.8, 4) is 0 Å². The third-order valence-corrected chi connectivity index (χ3v) is 5.70. The summed E-state index contributed by atoms with van der Waals surface area (Å²) in [5.74, 6) is -0.378. The molecule has 0 aliphatic heterocycles. The third kappa shape index (κ3) is 4.67. The maximum atomic E-state index is 12.6. The Balaban J connectivity index is 1.81. The molecule has 5 nitrogen and oxygen atoms in total. The molecule has 2 N–H and O–H groups in total. The summed E-state index contributed by atoms with van der Waals surface area (Å²) in [5, 5.41) is 2.90. The first-order chi connectivity index (χ1) is 13.0. The molecule has 0 aliphatic carbocycles. The number of benzene rings is 3. The van der Waals surface area contributed by atoms with Crippen LogP contribution in [-0.2, 0) is 16.6 Å². The topological polar surface area (TPSA) is 75.3 Å². The van der Waals surface area contributed by atoms with Crippen molar-refractivity contribution in [2.24, 2.45) is 0 Å². The predicted octanol–water partition coefficient (Wildman–Crippen LogP) is 4.07. The summed E-state index contributed by atoms with van der Waals surface area (Å²) in [7, 11) is -3.93. The maximum absolute atomic E-state index is 12.6. The number of halogens is 1. The molecule has 0 radical (unpaired) electrons. The van der Waals surface area contributed by atoms with E-state index in [4.69, 9.17) is 11.6 Å². The number of carbonyl (C=O) groups is 1. The van der Waals surface area contributed by atoms with Gasteiger partial charge in [0.15, 0.2) is 0 Å². The van der Waals surface area contributed by atoms with E-state index in [-0.39, 0.29) is 27.1 Å². The zero-order chi connectivity index (χ0) is 19.3. The van der Waals surface area contributed by atoms with Crippen LogP contribution in [0.15, 0.2) is 83.8 Å². The SMILES string of the molecule is O=C(NCc1ccccc1)c1ccccc1NS(=O)(=O)c1ccccc1Cl. The van der Waals surface area contributed by atoms with Crippen molar-refractivity contribution < 1.29 is 13.2 Å². The van der Waals surface area contributed by atoms with Crippen molar-refractivity contribution in [3.63, 3.8) is 0 Å². The van der Waals surface area contributed by atoms with E-state index < -0.39 is 10.0 Å². The highest BCUT2D eigenvalue weighted by Crippen LogP contribution is 2.25. The van der Waals surface area contributed by atoms with Gasteiger partial charge in [-0.3, -0.25) is 9.52 Å². The monoisotopic (exact) mass is 400 g/mol. The minimum atomic E-state index is -3.93. The molecule has 0 unspecified atom stereocenters. The van der Waals surface area contributed by atoms with Gasteiger partial charge in [-0.25, -0.2) is 8.42 Å². The van der Waals surface area contributed by atoms with Gasteiger partial charge in [-0.15, -0.1) is 0 Å². The summed E-state index contributed by atoms with van der Waals surface area (Å²) < 4.78 is 27.7. The van der Waals surface area contributed by atoms with Crippen LogP contribution in [0, 0.1) is 0 Å². The number of sulfonamides is 1. The van der Waals surface area contributed by atoms with E-state index in [2.05, 4.69) is 10.0 Å². The molecule has 3 aromatic carbocycles. The highest BCUT2D eigenvalue weighted by Gasteiger charge is 2.20. The number of amides is 1. The van der Waals surface area contributed by atoms with Crippen LogP contribution in [0.25, 0.3) is 0 Å². The lowest BCUT2D eigenvalue weighted by Gasteiger charge is -2.13. The van der Waals surface area contributed by atoms with E-state index in [1.54, 1.807) is 30.3 Å². The lowest BCUT2D eigenvalue weighted by Crippen LogP contribution is -2.25. The van der Waals surface area contributed by atoms with E-state index in [0.717, 1.165) is 5.56 Å². The minimum absolute atomic E-state index is 0.0498. The molecule has 138 valence electrons. The van der Waals surface area contributed by atoms with Crippen LogP contribution in [0.2, 0.25) is 5.02 Å². The van der Waals surface area contributed by atoms with Crippen molar-refractivity contribution in [1.82, 2.24) is 5.32 Å². The fourth-order valence-electron chi connectivity index (χ4n) is 2.51. The number of hydrogen-bond acceptors (Lipinski definition) is 3. The van der Waals surface area contributed by atoms with Crippen molar-refractivity contribution in [2.45, 2.75) is 11.4 Å². The first-order valence-corrected chi connectivity index (χ1v) is 10.0. The van der Waals surface area contributed by atoms with Crippen LogP contribution in [0.3, 0.4) is 0 Å². The molecular formula is C20H17ClN2O3S. The summed E-state index contributed by atoms with van der Waals surface area (Å²) >= 11 is 6.00. The van der Waals surface area contributed by atoms with E-state index in [1.807, 2.05) is 30.3 Å². The van der Waals surface area contributed by atoms with E-state index in [1.165, 1.54) is 18.2 Å². The van der Waals surface area contributed by atoms with Crippen LogP contribution in [0.4, 0.5) is 5.69 Å². The largest absolute Gasteiger partial charge is 0.348 e. The molecule has 0 bridgehead atoms. The Hall–Kier alpha value is -2.83. The molecule has 3 rings (SSSR count). The Labute approximate surface area is 163 Å². The smallest absolute Gasteiger partial charge is 0.263 e. The molecule has 7 heteroatoms. The molecule has 0 fully saturated rings. The molecule has 0 spiro atoms. The van der Waals surface area contributed by atoms with Gasteiger partial charge in [0.05, 0.1) is 16.3 Å². The molecule has 0 aliphatic rings. The van der Waals surface area contributed by atoms with Crippen LogP contribution in [-0.4, -0.2) is 14.3 Å². The second-order valence-electron chi connectivity index (χ2n) is 5.75. The molecule has 0 heterocycles. The van der Waals surface area contributed by atoms with E-state index in [0.29, 0.717) is 6.54 Å². The number of anilines is 1. The first-order valence-electron chi connectivity index (χ1n) is 8.16. The number of hydrogen-bond donors (Lipinski definition) is 2. The highest BCUT2D eigenvalue weighted by atomic mass is 35.5. The Bertz CT molecular complexity index is 1050. The molecule has 1 amide bonds. The summed E-state index contributed by atoms with van der Waals surface area (Å²) in [6.07, 6.45) is 0.